The molecule has 158 valence electrons. The highest BCUT2D eigenvalue weighted by atomic mass is 16.4. The molecule has 0 amide bonds. The van der Waals surface area contributed by atoms with Crippen LogP contribution in [0.4, 0.5) is 0 Å². The molecule has 0 aliphatic heterocycles. The molecule has 8 unspecified atom stereocenters. The molecule has 0 radical (unpaired) electrons. The van der Waals surface area contributed by atoms with Gasteiger partial charge >= 0.3 is 0 Å². The molecule has 3 nitrogen and oxygen atoms in total. The van der Waals surface area contributed by atoms with Gasteiger partial charge < -0.3 is 10.6 Å². The zero-order chi connectivity index (χ0) is 20.2. The van der Waals surface area contributed by atoms with Gasteiger partial charge in [0.2, 0.25) is 0 Å². The van der Waals surface area contributed by atoms with Crippen molar-refractivity contribution in [2.24, 2.45) is 51.0 Å². The first-order chi connectivity index (χ1) is 13.3. The lowest BCUT2D eigenvalue weighted by Gasteiger charge is -2.65. The lowest BCUT2D eigenvalue weighted by Crippen LogP contribution is -2.58. The first-order valence-electron chi connectivity index (χ1n) is 12.0. The lowest BCUT2D eigenvalue weighted by atomic mass is 9.39. The van der Waals surface area contributed by atoms with Gasteiger partial charge in [-0.2, -0.15) is 0 Å². The summed E-state index contributed by atoms with van der Waals surface area (Å²) in [5, 5.41) is 20.9. The molecular weight excluding hydrogens is 344 g/mol. The van der Waals surface area contributed by atoms with E-state index in [9.17, 15) is 5.21 Å². The summed E-state index contributed by atoms with van der Waals surface area (Å²) in [4.78, 5) is 0. The molecule has 0 spiro atoms. The molecule has 0 bridgehead atoms. The van der Waals surface area contributed by atoms with Crippen molar-refractivity contribution >= 4 is 11.9 Å². The number of oxime groups is 1. The Hall–Kier alpha value is -0.860. The number of fused-ring (bicyclic) bond motifs is 5. The smallest absolute Gasteiger partial charge is 0.0500 e. The molecule has 28 heavy (non-hydrogen) atoms. The Labute approximate surface area is 172 Å². The van der Waals surface area contributed by atoms with Gasteiger partial charge in [-0.3, -0.25) is 0 Å². The van der Waals surface area contributed by atoms with Gasteiger partial charge in [0.05, 0.1) is 6.21 Å². The summed E-state index contributed by atoms with van der Waals surface area (Å²) in [6, 6.07) is 0. The van der Waals surface area contributed by atoms with Crippen molar-refractivity contribution in [2.75, 3.05) is 0 Å². The van der Waals surface area contributed by atoms with Crippen LogP contribution in [-0.2, 0) is 0 Å². The van der Waals surface area contributed by atoms with Crippen molar-refractivity contribution in [3.63, 3.8) is 0 Å². The summed E-state index contributed by atoms with van der Waals surface area (Å²) < 4.78 is 0. The third-order valence-corrected chi connectivity index (χ3v) is 10.7. The summed E-state index contributed by atoms with van der Waals surface area (Å²) in [5.41, 5.74) is 1.90. The minimum atomic E-state index is 0.196. The molecule has 0 aromatic carbocycles. The van der Waals surface area contributed by atoms with Gasteiger partial charge in [-0.15, -0.1) is 5.16 Å². The van der Waals surface area contributed by atoms with Crippen LogP contribution in [0.3, 0.4) is 0 Å². The number of nitrogens with zero attached hydrogens (tertiary/aromatic N) is 1. The van der Waals surface area contributed by atoms with Gasteiger partial charge in [-0.05, 0) is 112 Å². The van der Waals surface area contributed by atoms with Gasteiger partial charge in [0.1, 0.15) is 0 Å². The molecule has 8 atom stereocenters. The van der Waals surface area contributed by atoms with Crippen LogP contribution in [0.25, 0.3) is 0 Å². The molecule has 0 aromatic heterocycles. The SMILES string of the molecule is CC(=N)CCC1(C)C(C)CCC2(C)C3CCC4(/C=N/O)CCCC4C3CCC12. The Morgan fingerprint density at radius 1 is 1.07 bits per heavy atom. The van der Waals surface area contributed by atoms with E-state index in [0.717, 1.165) is 41.7 Å². The average Bonchev–Trinajstić information content (AvgIpc) is 3.08. The molecular formula is C25H42N2O. The summed E-state index contributed by atoms with van der Waals surface area (Å²) >= 11 is 0. The van der Waals surface area contributed by atoms with E-state index in [1.807, 2.05) is 13.1 Å². The average molecular weight is 387 g/mol. The fourth-order valence-corrected chi connectivity index (χ4v) is 9.02. The highest BCUT2D eigenvalue weighted by Gasteiger charge is 2.62. The quantitative estimate of drug-likeness (QED) is 0.307. The van der Waals surface area contributed by atoms with E-state index >= 15 is 0 Å². The minimum Gasteiger partial charge on any atom is -0.411 e. The fourth-order valence-electron chi connectivity index (χ4n) is 9.02. The maximum Gasteiger partial charge on any atom is 0.0500 e. The topological polar surface area (TPSA) is 56.4 Å². The van der Waals surface area contributed by atoms with E-state index in [2.05, 4.69) is 25.9 Å². The first-order valence-corrected chi connectivity index (χ1v) is 12.0. The molecule has 2 N–H and O–H groups in total. The Bertz CT molecular complexity index is 644. The van der Waals surface area contributed by atoms with Gasteiger partial charge in [-0.1, -0.05) is 27.2 Å². The summed E-state index contributed by atoms with van der Waals surface area (Å²) in [6.07, 6.45) is 16.1. The van der Waals surface area contributed by atoms with E-state index in [1.165, 1.54) is 64.2 Å². The molecule has 4 saturated carbocycles. The normalized spacial score (nSPS) is 50.8. The summed E-state index contributed by atoms with van der Waals surface area (Å²) in [5.74, 6) is 4.01. The van der Waals surface area contributed by atoms with Gasteiger partial charge in [0.15, 0.2) is 0 Å². The largest absolute Gasteiger partial charge is 0.411 e. The second-order valence-electron chi connectivity index (χ2n) is 11.6. The lowest BCUT2D eigenvalue weighted by molar-refractivity contribution is -0.157. The van der Waals surface area contributed by atoms with Crippen molar-refractivity contribution in [3.05, 3.63) is 0 Å². The maximum atomic E-state index is 9.35. The number of nitrogens with one attached hydrogen (secondary N) is 1. The van der Waals surface area contributed by atoms with Crippen molar-refractivity contribution < 1.29 is 5.21 Å². The fraction of sp³-hybridized carbons (Fsp3) is 0.920. The zero-order valence-corrected chi connectivity index (χ0v) is 18.6. The Morgan fingerprint density at radius 2 is 1.86 bits per heavy atom. The van der Waals surface area contributed by atoms with Crippen LogP contribution in [0.5, 0.6) is 0 Å². The van der Waals surface area contributed by atoms with Crippen LogP contribution in [0.15, 0.2) is 5.16 Å². The van der Waals surface area contributed by atoms with Crippen LogP contribution in [-0.4, -0.2) is 17.1 Å². The minimum absolute atomic E-state index is 0.196. The Morgan fingerprint density at radius 3 is 2.57 bits per heavy atom. The predicted octanol–water partition coefficient (Wildman–Crippen LogP) is 6.93. The van der Waals surface area contributed by atoms with Crippen LogP contribution in [0.2, 0.25) is 0 Å². The van der Waals surface area contributed by atoms with Crippen molar-refractivity contribution in [2.45, 2.75) is 98.3 Å². The Balaban J connectivity index is 1.63. The molecule has 3 heteroatoms. The second-order valence-corrected chi connectivity index (χ2v) is 11.6. The molecule has 0 aromatic rings. The number of hydrogen-bond acceptors (Lipinski definition) is 3. The molecule has 0 saturated heterocycles. The monoisotopic (exact) mass is 386 g/mol. The highest BCUT2D eigenvalue weighted by molar-refractivity contribution is 5.78. The van der Waals surface area contributed by atoms with E-state index in [1.54, 1.807) is 0 Å². The van der Waals surface area contributed by atoms with Crippen LogP contribution in [0.1, 0.15) is 98.3 Å². The van der Waals surface area contributed by atoms with Crippen LogP contribution >= 0.6 is 0 Å². The number of rotatable bonds is 4. The molecule has 4 rings (SSSR count). The van der Waals surface area contributed by atoms with E-state index < -0.39 is 0 Å². The van der Waals surface area contributed by atoms with Crippen molar-refractivity contribution in [3.8, 4) is 0 Å². The molecule has 4 aliphatic carbocycles. The second kappa shape index (κ2) is 7.13. The molecule has 0 heterocycles. The molecule has 4 fully saturated rings. The van der Waals surface area contributed by atoms with E-state index in [0.29, 0.717) is 10.8 Å². The van der Waals surface area contributed by atoms with Crippen molar-refractivity contribution in [1.29, 1.82) is 5.41 Å². The van der Waals surface area contributed by atoms with Crippen LogP contribution < -0.4 is 0 Å². The first kappa shape index (κ1) is 20.4. The van der Waals surface area contributed by atoms with Gasteiger partial charge in [0.25, 0.3) is 0 Å². The number of hydrogen-bond donors (Lipinski definition) is 2. The summed E-state index contributed by atoms with van der Waals surface area (Å²) in [6.45, 7) is 9.70. The third-order valence-electron chi connectivity index (χ3n) is 10.7. The van der Waals surface area contributed by atoms with Crippen LogP contribution in [0, 0.1) is 51.2 Å². The summed E-state index contributed by atoms with van der Waals surface area (Å²) in [7, 11) is 0. The maximum absolute atomic E-state index is 9.35. The highest BCUT2D eigenvalue weighted by Crippen LogP contribution is 2.69. The molecule has 4 aliphatic rings. The van der Waals surface area contributed by atoms with E-state index in [-0.39, 0.29) is 5.41 Å². The van der Waals surface area contributed by atoms with Gasteiger partial charge in [0, 0.05) is 11.1 Å². The third kappa shape index (κ3) is 2.89. The zero-order valence-electron chi connectivity index (χ0n) is 18.6. The Kier molecular flexibility index (Phi) is 5.20. The van der Waals surface area contributed by atoms with E-state index in [4.69, 9.17) is 5.41 Å². The standard InChI is InChI=1S/C25H42N2O/c1-17-9-13-24(4)20-11-15-25(16-27-28)12-5-6-21(25)19(20)7-8-22(24)23(17,3)14-10-18(2)26/h16-17,19-22,26,28H,5-15H2,1-4H3/b26-18?,27-16+. The van der Waals surface area contributed by atoms with Gasteiger partial charge in [-0.25, -0.2) is 0 Å². The van der Waals surface area contributed by atoms with Crippen molar-refractivity contribution in [1.82, 2.24) is 0 Å². The predicted molar refractivity (Wildman–Crippen MR) is 116 cm³/mol.